The van der Waals surface area contributed by atoms with Crippen molar-refractivity contribution < 1.29 is 0 Å². The summed E-state index contributed by atoms with van der Waals surface area (Å²) in [5.41, 5.74) is 2.34. The topological polar surface area (TPSA) is 15.3 Å². The van der Waals surface area contributed by atoms with Gasteiger partial charge in [0.05, 0.1) is 5.69 Å². The van der Waals surface area contributed by atoms with E-state index < -0.39 is 0 Å². The summed E-state index contributed by atoms with van der Waals surface area (Å²) in [6, 6.07) is 4.85. The fourth-order valence-corrected chi connectivity index (χ4v) is 3.74. The molecule has 2 atom stereocenters. The first-order chi connectivity index (χ1) is 9.52. The summed E-state index contributed by atoms with van der Waals surface area (Å²) in [6.07, 6.45) is 2.39. The molecule has 1 aromatic rings. The molecule has 1 N–H and O–H groups in total. The molecule has 1 aliphatic heterocycles. The molecule has 1 saturated heterocycles. The zero-order chi connectivity index (χ0) is 14.7. The van der Waals surface area contributed by atoms with Crippen molar-refractivity contribution in [3.05, 3.63) is 27.2 Å². The van der Waals surface area contributed by atoms with Gasteiger partial charge in [0, 0.05) is 28.6 Å². The molecule has 1 aliphatic rings. The maximum Gasteiger partial charge on any atom is 0.0525 e. The van der Waals surface area contributed by atoms with Gasteiger partial charge in [0.15, 0.2) is 0 Å². The average molecular weight is 360 g/mol. The van der Waals surface area contributed by atoms with Crippen LogP contribution in [0, 0.1) is 12.8 Å². The first kappa shape index (κ1) is 16.1. The summed E-state index contributed by atoms with van der Waals surface area (Å²) >= 11 is 9.96. The van der Waals surface area contributed by atoms with Crippen LogP contribution in [0.1, 0.15) is 32.3 Å². The van der Waals surface area contributed by atoms with E-state index in [4.69, 9.17) is 11.6 Å². The molecule has 4 heteroatoms. The van der Waals surface area contributed by atoms with Crippen molar-refractivity contribution in [1.29, 1.82) is 0 Å². The van der Waals surface area contributed by atoms with Crippen LogP contribution in [0.25, 0.3) is 0 Å². The Labute approximate surface area is 136 Å². The minimum Gasteiger partial charge on any atom is -0.370 e. The summed E-state index contributed by atoms with van der Waals surface area (Å²) < 4.78 is 1.14. The second-order valence-electron chi connectivity index (χ2n) is 5.83. The van der Waals surface area contributed by atoms with Gasteiger partial charge in [0.2, 0.25) is 0 Å². The summed E-state index contributed by atoms with van der Waals surface area (Å²) in [5.74, 6) is 0.655. The minimum atomic E-state index is 0.644. The molecule has 0 aliphatic carbocycles. The molecular formula is C16H24BrClN2. The van der Waals surface area contributed by atoms with E-state index in [0.717, 1.165) is 34.7 Å². The van der Waals surface area contributed by atoms with Crippen LogP contribution in [0.3, 0.4) is 0 Å². The molecule has 0 amide bonds. The van der Waals surface area contributed by atoms with Crippen LogP contribution in [0.2, 0.25) is 5.02 Å². The van der Waals surface area contributed by atoms with Crippen LogP contribution < -0.4 is 10.2 Å². The Kier molecular flexibility index (Phi) is 5.76. The number of halogens is 2. The van der Waals surface area contributed by atoms with Gasteiger partial charge in [-0.15, -0.1) is 0 Å². The number of nitrogens with one attached hydrogen (secondary N) is 1. The number of aryl methyl sites for hydroxylation is 1. The smallest absolute Gasteiger partial charge is 0.0525 e. The van der Waals surface area contributed by atoms with Gasteiger partial charge in [-0.25, -0.2) is 0 Å². The predicted molar refractivity (Wildman–Crippen MR) is 92.0 cm³/mol. The Morgan fingerprint density at radius 3 is 2.85 bits per heavy atom. The van der Waals surface area contributed by atoms with E-state index in [1.807, 2.05) is 6.92 Å². The van der Waals surface area contributed by atoms with Crippen LogP contribution in [-0.4, -0.2) is 25.7 Å². The summed E-state index contributed by atoms with van der Waals surface area (Å²) in [5, 5.41) is 4.51. The molecule has 112 valence electrons. The van der Waals surface area contributed by atoms with Crippen LogP contribution in [0.5, 0.6) is 0 Å². The van der Waals surface area contributed by atoms with Crippen molar-refractivity contribution in [2.45, 2.75) is 39.7 Å². The van der Waals surface area contributed by atoms with Gasteiger partial charge in [-0.05, 0) is 65.9 Å². The van der Waals surface area contributed by atoms with Crippen molar-refractivity contribution in [3.8, 4) is 0 Å². The second kappa shape index (κ2) is 7.15. The lowest BCUT2D eigenvalue weighted by Crippen LogP contribution is -2.48. The third-order valence-electron chi connectivity index (χ3n) is 4.13. The van der Waals surface area contributed by atoms with Gasteiger partial charge >= 0.3 is 0 Å². The quantitative estimate of drug-likeness (QED) is 0.843. The lowest BCUT2D eigenvalue weighted by molar-refractivity contribution is 0.322. The van der Waals surface area contributed by atoms with Gasteiger partial charge in [-0.2, -0.15) is 0 Å². The molecule has 2 nitrogen and oxygen atoms in total. The van der Waals surface area contributed by atoms with Gasteiger partial charge < -0.3 is 10.2 Å². The van der Waals surface area contributed by atoms with Gasteiger partial charge in [-0.1, -0.05) is 25.4 Å². The highest BCUT2D eigenvalue weighted by Gasteiger charge is 2.26. The Bertz CT molecular complexity index is 464. The van der Waals surface area contributed by atoms with E-state index in [1.54, 1.807) is 0 Å². The highest BCUT2D eigenvalue weighted by atomic mass is 79.9. The first-order valence-corrected chi connectivity index (χ1v) is 8.64. The molecule has 20 heavy (non-hydrogen) atoms. The van der Waals surface area contributed by atoms with Crippen LogP contribution >= 0.6 is 27.5 Å². The SMILES string of the molecule is CCCNC1CCN(c2cc(Cl)c(C)cc2Br)CC1C. The van der Waals surface area contributed by atoms with Crippen molar-refractivity contribution >= 4 is 33.2 Å². The van der Waals surface area contributed by atoms with E-state index in [0.29, 0.717) is 12.0 Å². The maximum atomic E-state index is 6.28. The normalized spacial score (nSPS) is 23.1. The monoisotopic (exact) mass is 358 g/mol. The van der Waals surface area contributed by atoms with E-state index in [-0.39, 0.29) is 0 Å². The molecule has 0 spiro atoms. The van der Waals surface area contributed by atoms with Gasteiger partial charge in [0.1, 0.15) is 0 Å². The van der Waals surface area contributed by atoms with Crippen molar-refractivity contribution in [2.75, 3.05) is 24.5 Å². The third-order valence-corrected chi connectivity index (χ3v) is 5.17. The molecular weight excluding hydrogens is 336 g/mol. The standard InChI is InChI=1S/C16H24BrClN2/c1-4-6-19-15-5-7-20(10-12(15)3)16-9-14(18)11(2)8-13(16)17/h8-9,12,15,19H,4-7,10H2,1-3H3. The van der Waals surface area contributed by atoms with Gasteiger partial charge in [0.25, 0.3) is 0 Å². The molecule has 1 aromatic carbocycles. The molecule has 2 rings (SSSR count). The molecule has 0 aromatic heterocycles. The number of hydrogen-bond donors (Lipinski definition) is 1. The predicted octanol–water partition coefficient (Wildman–Crippen LogP) is 4.63. The van der Waals surface area contributed by atoms with Gasteiger partial charge in [-0.3, -0.25) is 0 Å². The Hall–Kier alpha value is -0.250. The Morgan fingerprint density at radius 1 is 1.45 bits per heavy atom. The Balaban J connectivity index is 2.07. The first-order valence-electron chi connectivity index (χ1n) is 7.47. The average Bonchev–Trinajstić information content (AvgIpc) is 2.41. The van der Waals surface area contributed by atoms with Crippen molar-refractivity contribution in [1.82, 2.24) is 5.32 Å². The minimum absolute atomic E-state index is 0.644. The highest BCUT2D eigenvalue weighted by Crippen LogP contribution is 2.34. The molecule has 0 saturated carbocycles. The lowest BCUT2D eigenvalue weighted by Gasteiger charge is -2.39. The molecule has 0 bridgehead atoms. The van der Waals surface area contributed by atoms with Crippen molar-refractivity contribution in [3.63, 3.8) is 0 Å². The molecule has 1 heterocycles. The number of benzene rings is 1. The number of rotatable bonds is 4. The fraction of sp³-hybridized carbons (Fsp3) is 0.625. The Morgan fingerprint density at radius 2 is 2.20 bits per heavy atom. The summed E-state index contributed by atoms with van der Waals surface area (Å²) in [7, 11) is 0. The van der Waals surface area contributed by atoms with Crippen molar-refractivity contribution in [2.24, 2.45) is 5.92 Å². The highest BCUT2D eigenvalue weighted by molar-refractivity contribution is 9.10. The zero-order valence-corrected chi connectivity index (χ0v) is 14.9. The van der Waals surface area contributed by atoms with Crippen LogP contribution in [0.15, 0.2) is 16.6 Å². The number of piperidine rings is 1. The number of hydrogen-bond acceptors (Lipinski definition) is 2. The molecule has 1 fully saturated rings. The third kappa shape index (κ3) is 3.69. The largest absolute Gasteiger partial charge is 0.370 e. The maximum absolute atomic E-state index is 6.28. The number of nitrogens with zero attached hydrogens (tertiary/aromatic N) is 1. The van der Waals surface area contributed by atoms with E-state index in [1.165, 1.54) is 18.5 Å². The summed E-state index contributed by atoms with van der Waals surface area (Å²) in [6.45, 7) is 9.89. The summed E-state index contributed by atoms with van der Waals surface area (Å²) in [4.78, 5) is 2.45. The van der Waals surface area contributed by atoms with Crippen LogP contribution in [0.4, 0.5) is 5.69 Å². The van der Waals surface area contributed by atoms with E-state index >= 15 is 0 Å². The lowest BCUT2D eigenvalue weighted by atomic mass is 9.93. The van der Waals surface area contributed by atoms with Crippen LogP contribution in [-0.2, 0) is 0 Å². The van der Waals surface area contributed by atoms with E-state index in [9.17, 15) is 0 Å². The molecule has 0 radical (unpaired) electrons. The number of anilines is 1. The fourth-order valence-electron chi connectivity index (χ4n) is 2.88. The second-order valence-corrected chi connectivity index (χ2v) is 7.09. The zero-order valence-electron chi connectivity index (χ0n) is 12.5. The van der Waals surface area contributed by atoms with E-state index in [2.05, 4.69) is 52.1 Å². The molecule has 2 unspecified atom stereocenters.